The lowest BCUT2D eigenvalue weighted by atomic mass is 10.4. The Hall–Kier alpha value is -1.36. The van der Waals surface area contributed by atoms with Crippen molar-refractivity contribution in [2.45, 2.75) is 25.8 Å². The number of hydrogen-bond acceptors (Lipinski definition) is 5. The number of hydrogen-bond donors (Lipinski definition) is 1. The monoisotopic (exact) mass is 236 g/mol. The second kappa shape index (κ2) is 5.82. The van der Waals surface area contributed by atoms with E-state index in [1.54, 1.807) is 6.33 Å². The lowest BCUT2D eigenvalue weighted by Crippen LogP contribution is -2.30. The summed E-state index contributed by atoms with van der Waals surface area (Å²) in [4.78, 5) is 10.4. The van der Waals surface area contributed by atoms with E-state index in [0.29, 0.717) is 12.5 Å². The van der Waals surface area contributed by atoms with Gasteiger partial charge in [0, 0.05) is 32.2 Å². The molecule has 0 bridgehead atoms. The molecule has 5 nitrogen and oxygen atoms in total. The number of ether oxygens (including phenoxy) is 1. The molecule has 1 aromatic heterocycles. The average Bonchev–Trinajstić information content (AvgIpc) is 3.14. The summed E-state index contributed by atoms with van der Waals surface area (Å²) < 4.78 is 5.36. The van der Waals surface area contributed by atoms with E-state index < -0.39 is 0 Å². The zero-order valence-corrected chi connectivity index (χ0v) is 10.5. The third-order valence-electron chi connectivity index (χ3n) is 2.77. The molecule has 17 heavy (non-hydrogen) atoms. The highest BCUT2D eigenvalue weighted by Crippen LogP contribution is 2.18. The van der Waals surface area contributed by atoms with Gasteiger partial charge in [0.2, 0.25) is 5.88 Å². The van der Waals surface area contributed by atoms with Gasteiger partial charge in [-0.1, -0.05) is 0 Å². The fraction of sp³-hybridized carbons (Fsp3) is 0.667. The molecular weight excluding hydrogens is 216 g/mol. The van der Waals surface area contributed by atoms with Gasteiger partial charge in [0.25, 0.3) is 0 Å². The molecule has 0 saturated heterocycles. The molecule has 94 valence electrons. The van der Waals surface area contributed by atoms with Crippen LogP contribution in [-0.4, -0.2) is 42.8 Å². The minimum absolute atomic E-state index is 0.628. The second-order valence-corrected chi connectivity index (χ2v) is 4.30. The molecule has 0 spiro atoms. The van der Waals surface area contributed by atoms with Crippen LogP contribution in [0.5, 0.6) is 5.88 Å². The molecule has 0 aromatic carbocycles. The minimum Gasteiger partial charge on any atom is -0.478 e. The molecule has 1 N–H and O–H groups in total. The van der Waals surface area contributed by atoms with E-state index in [2.05, 4.69) is 20.2 Å². The summed E-state index contributed by atoms with van der Waals surface area (Å²) in [5.74, 6) is 1.54. The van der Waals surface area contributed by atoms with E-state index in [-0.39, 0.29) is 0 Å². The molecule has 0 amide bonds. The van der Waals surface area contributed by atoms with Gasteiger partial charge in [-0.25, -0.2) is 9.97 Å². The van der Waals surface area contributed by atoms with E-state index in [4.69, 9.17) is 4.74 Å². The normalized spacial score (nSPS) is 14.7. The molecule has 2 rings (SSSR count). The molecule has 1 aliphatic carbocycles. The molecular formula is C12H20N4O. The van der Waals surface area contributed by atoms with Crippen LogP contribution in [0.25, 0.3) is 0 Å². The maximum absolute atomic E-state index is 5.36. The second-order valence-electron chi connectivity index (χ2n) is 4.30. The van der Waals surface area contributed by atoms with Crippen LogP contribution in [0.3, 0.4) is 0 Å². The number of likely N-dealkylation sites (N-methyl/N-ethyl adjacent to an activating group) is 1. The number of nitrogens with zero attached hydrogens (tertiary/aromatic N) is 3. The first-order valence-corrected chi connectivity index (χ1v) is 6.19. The summed E-state index contributed by atoms with van der Waals surface area (Å²) in [6.07, 6.45) is 4.20. The molecule has 0 atom stereocenters. The van der Waals surface area contributed by atoms with Gasteiger partial charge in [-0.05, 0) is 19.8 Å². The number of nitrogens with one attached hydrogen (secondary N) is 1. The molecule has 0 aliphatic heterocycles. The Morgan fingerprint density at radius 3 is 3.00 bits per heavy atom. The topological polar surface area (TPSA) is 50.3 Å². The van der Waals surface area contributed by atoms with Crippen molar-refractivity contribution >= 4 is 5.82 Å². The van der Waals surface area contributed by atoms with Gasteiger partial charge in [0.05, 0.1) is 6.61 Å². The van der Waals surface area contributed by atoms with Crippen LogP contribution in [0, 0.1) is 0 Å². The van der Waals surface area contributed by atoms with Crippen molar-refractivity contribution in [3.8, 4) is 5.88 Å². The maximum Gasteiger partial charge on any atom is 0.218 e. The fourth-order valence-electron chi connectivity index (χ4n) is 1.60. The van der Waals surface area contributed by atoms with E-state index in [1.165, 1.54) is 12.8 Å². The van der Waals surface area contributed by atoms with Crippen LogP contribution in [0.15, 0.2) is 12.4 Å². The van der Waals surface area contributed by atoms with Crippen LogP contribution >= 0.6 is 0 Å². The van der Waals surface area contributed by atoms with Crippen LogP contribution in [0.2, 0.25) is 0 Å². The largest absolute Gasteiger partial charge is 0.478 e. The Balaban J connectivity index is 1.83. The SMILES string of the molecule is CCOc1cc(N(C)CCNC2CC2)ncn1. The Kier molecular flexibility index (Phi) is 4.14. The van der Waals surface area contributed by atoms with Crippen molar-refractivity contribution in [1.29, 1.82) is 0 Å². The minimum atomic E-state index is 0.628. The van der Waals surface area contributed by atoms with E-state index in [0.717, 1.165) is 24.9 Å². The predicted octanol–water partition coefficient (Wildman–Crippen LogP) is 1.06. The Morgan fingerprint density at radius 1 is 1.47 bits per heavy atom. The van der Waals surface area contributed by atoms with E-state index >= 15 is 0 Å². The van der Waals surface area contributed by atoms with Gasteiger partial charge in [0.1, 0.15) is 12.1 Å². The first kappa shape index (κ1) is 12.1. The summed E-state index contributed by atoms with van der Waals surface area (Å²) in [5, 5.41) is 3.48. The highest BCUT2D eigenvalue weighted by molar-refractivity contribution is 5.39. The van der Waals surface area contributed by atoms with Crippen molar-refractivity contribution in [3.63, 3.8) is 0 Å². The highest BCUT2D eigenvalue weighted by Gasteiger charge is 2.19. The molecule has 1 aromatic rings. The summed E-state index contributed by atoms with van der Waals surface area (Å²) in [7, 11) is 2.03. The van der Waals surface area contributed by atoms with Crippen molar-refractivity contribution in [1.82, 2.24) is 15.3 Å². The highest BCUT2D eigenvalue weighted by atomic mass is 16.5. The fourth-order valence-corrected chi connectivity index (χ4v) is 1.60. The van der Waals surface area contributed by atoms with Gasteiger partial charge in [-0.15, -0.1) is 0 Å². The molecule has 0 radical (unpaired) electrons. The summed E-state index contributed by atoms with van der Waals surface area (Å²) in [5.41, 5.74) is 0. The zero-order valence-electron chi connectivity index (χ0n) is 10.5. The molecule has 1 aliphatic rings. The van der Waals surface area contributed by atoms with Gasteiger partial charge in [-0.3, -0.25) is 0 Å². The number of aromatic nitrogens is 2. The van der Waals surface area contributed by atoms with E-state index in [9.17, 15) is 0 Å². The molecule has 1 heterocycles. The van der Waals surface area contributed by atoms with Crippen LogP contribution in [-0.2, 0) is 0 Å². The zero-order chi connectivity index (χ0) is 12.1. The van der Waals surface area contributed by atoms with Crippen LogP contribution in [0.4, 0.5) is 5.82 Å². The third kappa shape index (κ3) is 3.85. The van der Waals surface area contributed by atoms with Gasteiger partial charge in [0.15, 0.2) is 0 Å². The first-order valence-electron chi connectivity index (χ1n) is 6.19. The summed E-state index contributed by atoms with van der Waals surface area (Å²) in [6, 6.07) is 2.63. The van der Waals surface area contributed by atoms with Crippen LogP contribution < -0.4 is 15.0 Å². The lowest BCUT2D eigenvalue weighted by Gasteiger charge is -2.18. The van der Waals surface area contributed by atoms with Crippen molar-refractivity contribution < 1.29 is 4.74 Å². The van der Waals surface area contributed by atoms with Gasteiger partial charge >= 0.3 is 0 Å². The Bertz CT molecular complexity index is 354. The maximum atomic E-state index is 5.36. The first-order chi connectivity index (χ1) is 8.29. The standard InChI is InChI=1S/C12H20N4O/c1-3-17-12-8-11(14-9-15-12)16(2)7-6-13-10-4-5-10/h8-10,13H,3-7H2,1-2H3. The molecule has 1 saturated carbocycles. The van der Waals surface area contributed by atoms with Crippen molar-refractivity contribution in [3.05, 3.63) is 12.4 Å². The van der Waals surface area contributed by atoms with Gasteiger partial charge in [-0.2, -0.15) is 0 Å². The van der Waals surface area contributed by atoms with Crippen molar-refractivity contribution in [2.75, 3.05) is 31.6 Å². The lowest BCUT2D eigenvalue weighted by molar-refractivity contribution is 0.326. The summed E-state index contributed by atoms with van der Waals surface area (Å²) >= 11 is 0. The van der Waals surface area contributed by atoms with Gasteiger partial charge < -0.3 is 15.0 Å². The number of anilines is 1. The number of rotatable bonds is 7. The predicted molar refractivity (Wildman–Crippen MR) is 67.5 cm³/mol. The smallest absolute Gasteiger partial charge is 0.218 e. The average molecular weight is 236 g/mol. The van der Waals surface area contributed by atoms with Crippen LogP contribution in [0.1, 0.15) is 19.8 Å². The Morgan fingerprint density at radius 2 is 2.29 bits per heavy atom. The molecule has 0 unspecified atom stereocenters. The summed E-state index contributed by atoms with van der Waals surface area (Å²) in [6.45, 7) is 4.52. The van der Waals surface area contributed by atoms with E-state index in [1.807, 2.05) is 20.0 Å². The quantitative estimate of drug-likeness (QED) is 0.767. The third-order valence-corrected chi connectivity index (χ3v) is 2.77. The molecule has 5 heteroatoms. The molecule has 1 fully saturated rings. The Labute approximate surface area is 102 Å². The van der Waals surface area contributed by atoms with Crippen molar-refractivity contribution in [2.24, 2.45) is 0 Å².